The molecule has 0 saturated carbocycles. The molecule has 0 aliphatic carbocycles. The maximum Gasteiger partial charge on any atom is 0.302 e. The first kappa shape index (κ1) is 20.0. The highest BCUT2D eigenvalue weighted by Gasteiger charge is 2.31. The largest absolute Gasteiger partial charge is 0.493 e. The molecule has 3 aromatic carbocycles. The molecule has 0 aromatic heterocycles. The van der Waals surface area contributed by atoms with E-state index in [9.17, 15) is 4.79 Å². The molecule has 0 bridgehead atoms. The summed E-state index contributed by atoms with van der Waals surface area (Å²) in [5.41, 5.74) is 2.63. The van der Waals surface area contributed by atoms with Crippen molar-refractivity contribution in [3.8, 4) is 11.5 Å². The van der Waals surface area contributed by atoms with E-state index in [1.165, 1.54) is 18.1 Å². The number of carbonyl (C=O) groups excluding carboxylic acids is 1. The van der Waals surface area contributed by atoms with Gasteiger partial charge in [0.2, 0.25) is 0 Å². The van der Waals surface area contributed by atoms with Crippen molar-refractivity contribution in [1.82, 2.24) is 0 Å². The lowest BCUT2D eigenvalue weighted by atomic mass is 9.87. The zero-order chi connectivity index (χ0) is 21.0. The molecular weight excluding hydrogens is 376 g/mol. The lowest BCUT2D eigenvalue weighted by Gasteiger charge is -2.31. The molecule has 3 aromatic rings. The van der Waals surface area contributed by atoms with Gasteiger partial charge in [-0.15, -0.1) is 0 Å². The minimum Gasteiger partial charge on any atom is -0.493 e. The standard InChI is InChI=1S/C26H26O4/c1-19(27)29-18-26(2,21-8-4-3-5-9-21)30-22-14-12-20(13-15-22)23-16-17-28-25-11-7-6-10-24(23)25/h3-15,23H,16-18H2,1-2H3. The van der Waals surface area contributed by atoms with Gasteiger partial charge in [0.1, 0.15) is 18.1 Å². The van der Waals surface area contributed by atoms with Gasteiger partial charge in [-0.1, -0.05) is 60.7 Å². The Hall–Kier alpha value is -3.27. The number of carbonyl (C=O) groups is 1. The Kier molecular flexibility index (Phi) is 5.75. The van der Waals surface area contributed by atoms with Crippen LogP contribution < -0.4 is 9.47 Å². The fourth-order valence-corrected chi connectivity index (χ4v) is 3.92. The topological polar surface area (TPSA) is 44.8 Å². The van der Waals surface area contributed by atoms with Crippen LogP contribution in [-0.4, -0.2) is 19.2 Å². The predicted octanol–water partition coefficient (Wildman–Crippen LogP) is 5.46. The van der Waals surface area contributed by atoms with Gasteiger partial charge in [0.15, 0.2) is 5.60 Å². The molecule has 0 saturated heterocycles. The van der Waals surface area contributed by atoms with Crippen molar-refractivity contribution < 1.29 is 19.0 Å². The third kappa shape index (κ3) is 4.33. The molecule has 2 unspecified atom stereocenters. The SMILES string of the molecule is CC(=O)OCC(C)(Oc1ccc(C2CCOc3ccccc32)cc1)c1ccccc1. The van der Waals surface area contributed by atoms with Gasteiger partial charge in [0.25, 0.3) is 0 Å². The Morgan fingerprint density at radius 3 is 2.43 bits per heavy atom. The van der Waals surface area contributed by atoms with Gasteiger partial charge in [0, 0.05) is 18.4 Å². The van der Waals surface area contributed by atoms with Crippen molar-refractivity contribution in [3.63, 3.8) is 0 Å². The molecule has 4 rings (SSSR count). The summed E-state index contributed by atoms with van der Waals surface area (Å²) in [6, 6.07) is 26.2. The normalized spacial score (nSPS) is 17.2. The van der Waals surface area contributed by atoms with Crippen LogP contribution in [0.25, 0.3) is 0 Å². The van der Waals surface area contributed by atoms with E-state index >= 15 is 0 Å². The van der Waals surface area contributed by atoms with Crippen LogP contribution in [0.1, 0.15) is 42.9 Å². The fourth-order valence-electron chi connectivity index (χ4n) is 3.92. The Morgan fingerprint density at radius 2 is 1.70 bits per heavy atom. The highest BCUT2D eigenvalue weighted by molar-refractivity contribution is 5.66. The second kappa shape index (κ2) is 8.62. The van der Waals surface area contributed by atoms with Gasteiger partial charge >= 0.3 is 5.97 Å². The zero-order valence-electron chi connectivity index (χ0n) is 17.3. The third-order valence-electron chi connectivity index (χ3n) is 5.52. The summed E-state index contributed by atoms with van der Waals surface area (Å²) in [7, 11) is 0. The van der Waals surface area contributed by atoms with Crippen molar-refractivity contribution in [1.29, 1.82) is 0 Å². The van der Waals surface area contributed by atoms with Gasteiger partial charge in [-0.2, -0.15) is 0 Å². The van der Waals surface area contributed by atoms with Crippen LogP contribution in [0.3, 0.4) is 0 Å². The maximum atomic E-state index is 11.4. The summed E-state index contributed by atoms with van der Waals surface area (Å²) >= 11 is 0. The maximum absolute atomic E-state index is 11.4. The van der Waals surface area contributed by atoms with Crippen molar-refractivity contribution in [2.75, 3.05) is 13.2 Å². The predicted molar refractivity (Wildman–Crippen MR) is 116 cm³/mol. The lowest BCUT2D eigenvalue weighted by Crippen LogP contribution is -2.35. The van der Waals surface area contributed by atoms with Crippen LogP contribution >= 0.6 is 0 Å². The summed E-state index contributed by atoms with van der Waals surface area (Å²) in [6.45, 7) is 4.20. The molecule has 30 heavy (non-hydrogen) atoms. The number of ether oxygens (including phenoxy) is 3. The summed E-state index contributed by atoms with van der Waals surface area (Å²) in [5.74, 6) is 1.68. The smallest absolute Gasteiger partial charge is 0.302 e. The molecule has 1 aliphatic heterocycles. The number of para-hydroxylation sites is 1. The average Bonchev–Trinajstić information content (AvgIpc) is 2.78. The summed E-state index contributed by atoms with van der Waals surface area (Å²) < 4.78 is 17.5. The van der Waals surface area contributed by atoms with Gasteiger partial charge in [-0.25, -0.2) is 0 Å². The number of hydrogen-bond donors (Lipinski definition) is 0. The summed E-state index contributed by atoms with van der Waals surface area (Å²) in [6.07, 6.45) is 0.950. The minimum atomic E-state index is -0.778. The first-order valence-electron chi connectivity index (χ1n) is 10.2. The fraction of sp³-hybridized carbons (Fsp3) is 0.269. The highest BCUT2D eigenvalue weighted by Crippen LogP contribution is 2.38. The van der Waals surface area contributed by atoms with E-state index in [0.717, 1.165) is 23.5 Å². The molecule has 2 atom stereocenters. The molecule has 154 valence electrons. The van der Waals surface area contributed by atoms with Crippen LogP contribution in [0, 0.1) is 0 Å². The van der Waals surface area contributed by atoms with Gasteiger partial charge in [-0.05, 0) is 42.7 Å². The summed E-state index contributed by atoms with van der Waals surface area (Å²) in [5, 5.41) is 0. The van der Waals surface area contributed by atoms with Crippen molar-refractivity contribution in [3.05, 3.63) is 95.6 Å². The van der Waals surface area contributed by atoms with Crippen LogP contribution in [0.15, 0.2) is 78.9 Å². The molecule has 0 radical (unpaired) electrons. The van der Waals surface area contributed by atoms with E-state index in [1.54, 1.807) is 0 Å². The van der Waals surface area contributed by atoms with E-state index < -0.39 is 5.60 Å². The minimum absolute atomic E-state index is 0.140. The number of fused-ring (bicyclic) bond motifs is 1. The molecule has 0 spiro atoms. The Bertz CT molecular complexity index is 997. The Morgan fingerprint density at radius 1 is 1.00 bits per heavy atom. The third-order valence-corrected chi connectivity index (χ3v) is 5.52. The van der Waals surface area contributed by atoms with E-state index in [-0.39, 0.29) is 12.6 Å². The van der Waals surface area contributed by atoms with E-state index in [0.29, 0.717) is 12.5 Å². The van der Waals surface area contributed by atoms with E-state index in [2.05, 4.69) is 24.3 Å². The van der Waals surface area contributed by atoms with Gasteiger partial charge in [-0.3, -0.25) is 4.79 Å². The van der Waals surface area contributed by atoms with Crippen LogP contribution in [0.2, 0.25) is 0 Å². The molecule has 0 fully saturated rings. The number of rotatable bonds is 6. The lowest BCUT2D eigenvalue weighted by molar-refractivity contribution is -0.147. The molecular formula is C26H26O4. The first-order valence-corrected chi connectivity index (χ1v) is 10.2. The van der Waals surface area contributed by atoms with Gasteiger partial charge in [0.05, 0.1) is 6.61 Å². The number of hydrogen-bond acceptors (Lipinski definition) is 4. The van der Waals surface area contributed by atoms with Crippen molar-refractivity contribution in [2.24, 2.45) is 0 Å². The first-order chi connectivity index (χ1) is 14.5. The molecule has 0 N–H and O–H groups in total. The highest BCUT2D eigenvalue weighted by atomic mass is 16.6. The molecule has 1 heterocycles. The molecule has 0 amide bonds. The van der Waals surface area contributed by atoms with Crippen LogP contribution in [-0.2, 0) is 15.1 Å². The van der Waals surface area contributed by atoms with Crippen molar-refractivity contribution >= 4 is 5.97 Å². The van der Waals surface area contributed by atoms with Crippen LogP contribution in [0.5, 0.6) is 11.5 Å². The Labute approximate surface area is 177 Å². The molecule has 1 aliphatic rings. The van der Waals surface area contributed by atoms with E-state index in [4.69, 9.17) is 14.2 Å². The monoisotopic (exact) mass is 402 g/mol. The quantitative estimate of drug-likeness (QED) is 0.514. The number of esters is 1. The summed E-state index contributed by atoms with van der Waals surface area (Å²) in [4.78, 5) is 11.4. The number of benzene rings is 3. The Balaban J connectivity index is 1.57. The second-order valence-corrected chi connectivity index (χ2v) is 7.78. The molecule has 4 nitrogen and oxygen atoms in total. The van der Waals surface area contributed by atoms with E-state index in [1.807, 2.05) is 61.5 Å². The molecule has 4 heteroatoms. The van der Waals surface area contributed by atoms with Gasteiger partial charge < -0.3 is 14.2 Å². The van der Waals surface area contributed by atoms with Crippen molar-refractivity contribution in [2.45, 2.75) is 31.8 Å². The zero-order valence-corrected chi connectivity index (χ0v) is 17.3. The second-order valence-electron chi connectivity index (χ2n) is 7.78. The van der Waals surface area contributed by atoms with Crippen LogP contribution in [0.4, 0.5) is 0 Å². The average molecular weight is 402 g/mol.